The van der Waals surface area contributed by atoms with Gasteiger partial charge in [0.2, 0.25) is 5.91 Å². The fourth-order valence-corrected chi connectivity index (χ4v) is 5.81. The number of nitrogens with zero attached hydrogens (tertiary/aromatic N) is 2. The van der Waals surface area contributed by atoms with Crippen molar-refractivity contribution < 1.29 is 22.7 Å². The van der Waals surface area contributed by atoms with Crippen LogP contribution in [0.2, 0.25) is 0 Å². The van der Waals surface area contributed by atoms with Crippen LogP contribution in [-0.4, -0.2) is 73.9 Å². The number of allylic oxidation sites excluding steroid dienone is 5. The van der Waals surface area contributed by atoms with Gasteiger partial charge in [0.05, 0.1) is 13.2 Å². The maximum absolute atomic E-state index is 12.5. The maximum atomic E-state index is 12.5. The Hall–Kier alpha value is -1.98. The van der Waals surface area contributed by atoms with Gasteiger partial charge in [-0.2, -0.15) is 0 Å². The number of piperidine rings is 1. The number of carbonyl (C=O) groups excluding carboxylic acids is 1. The molecule has 2 aliphatic heterocycles. The summed E-state index contributed by atoms with van der Waals surface area (Å²) >= 11 is 1.55. The zero-order valence-corrected chi connectivity index (χ0v) is 22.8. The Morgan fingerprint density at radius 3 is 2.78 bits per heavy atom. The molecule has 0 aromatic carbocycles. The molecule has 3 heterocycles. The summed E-state index contributed by atoms with van der Waals surface area (Å²) < 4.78 is 28.6. The molecule has 36 heavy (non-hydrogen) atoms. The third kappa shape index (κ3) is 7.07. The van der Waals surface area contributed by atoms with Gasteiger partial charge in [0.1, 0.15) is 6.61 Å². The monoisotopic (exact) mass is 533 g/mol. The Balaban J connectivity index is 1.46. The van der Waals surface area contributed by atoms with Gasteiger partial charge in [0, 0.05) is 7.11 Å². The van der Waals surface area contributed by atoms with Crippen molar-refractivity contribution in [1.29, 1.82) is 0 Å². The van der Waals surface area contributed by atoms with E-state index < -0.39 is 10.6 Å². The molecule has 1 unspecified atom stereocenters. The van der Waals surface area contributed by atoms with Gasteiger partial charge in [-0.15, -0.1) is 0 Å². The summed E-state index contributed by atoms with van der Waals surface area (Å²) in [6, 6.07) is 0. The van der Waals surface area contributed by atoms with Crippen molar-refractivity contribution in [3.8, 4) is 0 Å². The average molecular weight is 534 g/mol. The predicted molar refractivity (Wildman–Crippen MR) is 143 cm³/mol. The molecule has 0 radical (unpaired) electrons. The molecule has 196 valence electrons. The van der Waals surface area contributed by atoms with Crippen LogP contribution in [0, 0.1) is 0 Å². The van der Waals surface area contributed by atoms with Crippen LogP contribution in [0.1, 0.15) is 43.7 Å². The van der Waals surface area contributed by atoms with Crippen LogP contribution in [0.4, 0.5) is 0 Å². The normalized spacial score (nSPS) is 20.7. The van der Waals surface area contributed by atoms with Gasteiger partial charge in [0.25, 0.3) is 0 Å². The molecule has 0 bridgehead atoms. The quantitative estimate of drug-likeness (QED) is 0.293. The number of oxazole rings is 1. The van der Waals surface area contributed by atoms with Gasteiger partial charge >= 0.3 is 166 Å². The molecular formula is C26H35N3O5S2. The van der Waals surface area contributed by atoms with Crippen LogP contribution < -0.4 is 5.32 Å². The second-order valence-corrected chi connectivity index (χ2v) is 11.8. The number of rotatable bonds is 9. The summed E-state index contributed by atoms with van der Waals surface area (Å²) in [5.41, 5.74) is 3.10. The van der Waals surface area contributed by atoms with E-state index in [4.69, 9.17) is 18.9 Å². The van der Waals surface area contributed by atoms with Gasteiger partial charge in [-0.3, -0.25) is 4.79 Å². The first-order valence-corrected chi connectivity index (χ1v) is 14.7. The van der Waals surface area contributed by atoms with Crippen molar-refractivity contribution in [3.63, 3.8) is 0 Å². The van der Waals surface area contributed by atoms with Crippen molar-refractivity contribution in [2.75, 3.05) is 52.8 Å². The first-order chi connectivity index (χ1) is 17.4. The topological polar surface area (TPSA) is 96.7 Å². The summed E-state index contributed by atoms with van der Waals surface area (Å²) in [5.74, 6) is 0.874. The SMILES string of the molecule is COCCOCC(=O)N1CCC(c2nc(C3=CCC([S-](C)#[O+])C=C3)c(SC3=CC=C(C)CN3)o2)CC1. The molecule has 1 aromatic rings. The first kappa shape index (κ1) is 27.1. The van der Waals surface area contributed by atoms with E-state index in [1.807, 2.05) is 17.1 Å². The second-order valence-electron chi connectivity index (χ2n) is 9.18. The zero-order chi connectivity index (χ0) is 25.5. The molecule has 0 spiro atoms. The van der Waals surface area contributed by atoms with E-state index in [9.17, 15) is 8.84 Å². The van der Waals surface area contributed by atoms with Crippen molar-refractivity contribution >= 4 is 33.9 Å². The summed E-state index contributed by atoms with van der Waals surface area (Å²) in [6.45, 7) is 5.19. The predicted octanol–water partition coefficient (Wildman–Crippen LogP) is 3.83. The van der Waals surface area contributed by atoms with Crippen LogP contribution in [0.3, 0.4) is 0 Å². The minimum absolute atomic E-state index is 0.00733. The third-order valence-corrected chi connectivity index (χ3v) is 8.66. The van der Waals surface area contributed by atoms with E-state index in [-0.39, 0.29) is 23.7 Å². The number of aromatic nitrogens is 1. The number of ether oxygens (including phenoxy) is 2. The van der Waals surface area contributed by atoms with Crippen molar-refractivity contribution in [2.45, 2.75) is 42.4 Å². The molecule has 8 nitrogen and oxygen atoms in total. The van der Waals surface area contributed by atoms with Gasteiger partial charge in [-0.1, -0.05) is 0 Å². The van der Waals surface area contributed by atoms with Crippen LogP contribution in [0.15, 0.2) is 50.5 Å². The van der Waals surface area contributed by atoms with Crippen LogP contribution in [0.25, 0.3) is 5.57 Å². The standard InChI is InChI=1S/C26H35N3O5S2/c1-18-4-9-22(27-16-18)35-26-24(19-5-7-21(8-6-19)36(3)31)28-25(34-26)20-10-12-29(13-11-20)23(30)17-33-15-14-32-2/h4-7,9,20-21,27H,8,10-17H2,1-3H3. The van der Waals surface area contributed by atoms with E-state index in [1.54, 1.807) is 25.1 Å². The van der Waals surface area contributed by atoms with Crippen molar-refractivity contribution in [1.82, 2.24) is 15.2 Å². The Morgan fingerprint density at radius 1 is 1.33 bits per heavy atom. The fraction of sp³-hybridized carbons (Fsp3) is 0.538. The van der Waals surface area contributed by atoms with E-state index in [2.05, 4.69) is 30.5 Å². The molecule has 1 fully saturated rings. The Kier molecular flexibility index (Phi) is 9.78. The molecule has 10 heteroatoms. The second kappa shape index (κ2) is 13.0. The average Bonchev–Trinajstić information content (AvgIpc) is 3.31. The van der Waals surface area contributed by atoms with Crippen LogP contribution >= 0.6 is 11.8 Å². The fourth-order valence-electron chi connectivity index (χ4n) is 4.27. The number of hydrogen-bond acceptors (Lipinski definition) is 8. The first-order valence-electron chi connectivity index (χ1n) is 12.3. The number of hydrogen-bond donors (Lipinski definition) is 1. The number of carbonyl (C=O) groups is 1. The molecule has 4 rings (SSSR count). The molecule has 1 aliphatic carbocycles. The van der Waals surface area contributed by atoms with Crippen LogP contribution in [0.5, 0.6) is 0 Å². The molecular weight excluding hydrogens is 498 g/mol. The number of likely N-dealkylation sites (tertiary alicyclic amines) is 1. The summed E-state index contributed by atoms with van der Waals surface area (Å²) in [6.07, 6.45) is 14.4. The Labute approximate surface area is 219 Å². The number of methoxy groups -OCH3 is 1. The number of amides is 1. The molecule has 1 aromatic heterocycles. The van der Waals surface area contributed by atoms with Crippen molar-refractivity contribution in [3.05, 3.63) is 52.6 Å². The van der Waals surface area contributed by atoms with E-state index in [0.29, 0.717) is 26.3 Å². The summed E-state index contributed by atoms with van der Waals surface area (Å²) in [4.78, 5) is 19.3. The van der Waals surface area contributed by atoms with Gasteiger partial charge in [0.15, 0.2) is 0 Å². The zero-order valence-electron chi connectivity index (χ0n) is 21.2. The summed E-state index contributed by atoms with van der Waals surface area (Å²) in [7, 11) is 0.710. The Morgan fingerprint density at radius 2 is 2.14 bits per heavy atom. The Bertz CT molecular complexity index is 1140. The molecule has 1 amide bonds. The molecule has 3 aliphatic rings. The molecule has 1 N–H and O–H groups in total. The van der Waals surface area contributed by atoms with Crippen LogP contribution in [-0.2, 0) is 29.0 Å². The number of thioether (sulfide) groups is 1. The number of nitrogens with one attached hydrogen (secondary N) is 1. The van der Waals surface area contributed by atoms with E-state index >= 15 is 0 Å². The van der Waals surface area contributed by atoms with E-state index in [1.165, 1.54) is 5.57 Å². The molecule has 1 saturated heterocycles. The van der Waals surface area contributed by atoms with Gasteiger partial charge in [-0.05, 0) is 6.92 Å². The van der Waals surface area contributed by atoms with Gasteiger partial charge in [-0.25, -0.2) is 0 Å². The molecule has 1 atom stereocenters. The molecule has 0 saturated carbocycles. The van der Waals surface area contributed by atoms with Gasteiger partial charge < -0.3 is 9.47 Å². The third-order valence-electron chi connectivity index (χ3n) is 6.49. The van der Waals surface area contributed by atoms with E-state index in [0.717, 1.165) is 53.1 Å². The van der Waals surface area contributed by atoms with Crippen molar-refractivity contribution in [2.24, 2.45) is 0 Å². The minimum atomic E-state index is -0.901. The summed E-state index contributed by atoms with van der Waals surface area (Å²) in [5, 5.41) is 5.24. The number of dihydropyridines is 1.